The zero-order valence-corrected chi connectivity index (χ0v) is 11.2. The predicted molar refractivity (Wildman–Crippen MR) is 68.6 cm³/mol. The van der Waals surface area contributed by atoms with E-state index < -0.39 is 36.1 Å². The maximum absolute atomic E-state index is 11.7. The van der Waals surface area contributed by atoms with Gasteiger partial charge in [0.25, 0.3) is 5.91 Å². The number of hydrogen-bond acceptors (Lipinski definition) is 8. The maximum atomic E-state index is 11.7. The van der Waals surface area contributed by atoms with E-state index in [9.17, 15) is 19.8 Å². The van der Waals surface area contributed by atoms with E-state index in [1.165, 1.54) is 12.3 Å². The average Bonchev–Trinajstić information content (AvgIpc) is 2.73. The molecule has 2 rings (SSSR count). The number of nitrogens with two attached hydrogens (primary N) is 1. The highest BCUT2D eigenvalue weighted by atomic mass is 16.7. The smallest absolute Gasteiger partial charge is 0.351 e. The van der Waals surface area contributed by atoms with Crippen LogP contribution in [0.5, 0.6) is 0 Å². The number of amides is 1. The van der Waals surface area contributed by atoms with Gasteiger partial charge in [-0.3, -0.25) is 14.2 Å². The summed E-state index contributed by atoms with van der Waals surface area (Å²) in [6.45, 7) is 1.88. The van der Waals surface area contributed by atoms with Gasteiger partial charge in [-0.15, -0.1) is 0 Å². The first-order chi connectivity index (χ1) is 9.95. The number of hydrogen-bond donors (Lipinski definition) is 4. The Labute approximate surface area is 119 Å². The van der Waals surface area contributed by atoms with Crippen LogP contribution >= 0.6 is 0 Å². The van der Waals surface area contributed by atoms with Crippen LogP contribution in [0.2, 0.25) is 0 Å². The van der Waals surface area contributed by atoms with E-state index in [1.54, 1.807) is 6.92 Å². The van der Waals surface area contributed by atoms with Crippen LogP contribution in [-0.4, -0.2) is 50.6 Å². The van der Waals surface area contributed by atoms with Crippen molar-refractivity contribution in [1.29, 1.82) is 0 Å². The first-order valence-corrected chi connectivity index (χ1v) is 6.23. The number of carbonyl (C=O) groups is 1. The lowest BCUT2D eigenvalue weighted by Gasteiger charge is -2.16. The Bertz CT molecular complexity index is 576. The van der Waals surface area contributed by atoms with E-state index in [4.69, 9.17) is 15.3 Å². The predicted octanol–water partition coefficient (Wildman–Crippen LogP) is -2.49. The molecule has 2 heterocycles. The summed E-state index contributed by atoms with van der Waals surface area (Å²) in [5.41, 5.74) is 6.66. The molecule has 0 radical (unpaired) electrons. The highest BCUT2D eigenvalue weighted by Gasteiger charge is 2.47. The molecule has 10 heteroatoms. The molecule has 116 valence electrons. The van der Waals surface area contributed by atoms with E-state index in [0.29, 0.717) is 0 Å². The number of aliphatic hydroxyl groups is 2. The van der Waals surface area contributed by atoms with Crippen molar-refractivity contribution >= 4 is 11.7 Å². The number of aliphatic hydroxyl groups excluding tert-OH is 2. The first-order valence-electron chi connectivity index (χ1n) is 6.23. The van der Waals surface area contributed by atoms with Crippen molar-refractivity contribution in [3.8, 4) is 0 Å². The molecular weight excluding hydrogens is 284 g/mol. The van der Waals surface area contributed by atoms with Crippen molar-refractivity contribution in [2.45, 2.75) is 31.5 Å². The molecule has 0 aliphatic carbocycles. The average molecular weight is 300 g/mol. The normalized spacial score (nSPS) is 28.5. The fraction of sp³-hybridized carbons (Fsp3) is 0.545. The molecule has 0 spiro atoms. The van der Waals surface area contributed by atoms with Gasteiger partial charge in [-0.25, -0.2) is 10.3 Å². The number of nitrogens with zero attached hydrogens (tertiary/aromatic N) is 2. The molecule has 0 unspecified atom stereocenters. The van der Waals surface area contributed by atoms with Crippen LogP contribution in [0.1, 0.15) is 13.2 Å². The molecule has 5 N–H and O–H groups in total. The van der Waals surface area contributed by atoms with Gasteiger partial charge in [-0.1, -0.05) is 0 Å². The summed E-state index contributed by atoms with van der Waals surface area (Å²) in [5, 5.41) is 19.8. The number of rotatable bonds is 4. The van der Waals surface area contributed by atoms with Crippen LogP contribution in [0.15, 0.2) is 17.1 Å². The second kappa shape index (κ2) is 6.18. The van der Waals surface area contributed by atoms with Gasteiger partial charge in [0.1, 0.15) is 18.0 Å². The standard InChI is InChI=1S/C11H16N4O6/c1-2-20-14-9(18)8-6(16)7(17)10(21-8)15-4-3-5(12)13-11(15)19/h3-4,6-8,10,16-17H,2H2,1H3,(H,14,18)(H2,12,13,19)/t6-,7+,8-,10+/m0/s1. The lowest BCUT2D eigenvalue weighted by Crippen LogP contribution is -2.42. The molecule has 1 aliphatic heterocycles. The molecule has 0 saturated carbocycles. The third-order valence-electron chi connectivity index (χ3n) is 2.94. The molecule has 4 atom stereocenters. The number of nitrogen functional groups attached to an aromatic ring is 1. The largest absolute Gasteiger partial charge is 0.387 e. The third-order valence-corrected chi connectivity index (χ3v) is 2.94. The van der Waals surface area contributed by atoms with Crippen molar-refractivity contribution < 1.29 is 24.6 Å². The van der Waals surface area contributed by atoms with E-state index in [-0.39, 0.29) is 12.4 Å². The van der Waals surface area contributed by atoms with Crippen molar-refractivity contribution in [2.75, 3.05) is 12.3 Å². The monoisotopic (exact) mass is 300 g/mol. The molecule has 0 aromatic carbocycles. The Balaban J connectivity index is 2.19. The molecular formula is C11H16N4O6. The fourth-order valence-corrected chi connectivity index (χ4v) is 1.93. The van der Waals surface area contributed by atoms with Crippen molar-refractivity contribution in [1.82, 2.24) is 15.0 Å². The van der Waals surface area contributed by atoms with Crippen LogP contribution in [0.4, 0.5) is 5.82 Å². The Morgan fingerprint density at radius 3 is 2.90 bits per heavy atom. The molecule has 1 fully saturated rings. The van der Waals surface area contributed by atoms with Crippen LogP contribution in [0, 0.1) is 0 Å². The summed E-state index contributed by atoms with van der Waals surface area (Å²) in [7, 11) is 0. The summed E-state index contributed by atoms with van der Waals surface area (Å²) in [6.07, 6.45) is -4.36. The molecule has 1 aromatic heterocycles. The summed E-state index contributed by atoms with van der Waals surface area (Å²) in [4.78, 5) is 31.6. The minimum Gasteiger partial charge on any atom is -0.387 e. The highest BCUT2D eigenvalue weighted by Crippen LogP contribution is 2.28. The quantitative estimate of drug-likeness (QED) is 0.446. The summed E-state index contributed by atoms with van der Waals surface area (Å²) >= 11 is 0. The van der Waals surface area contributed by atoms with Gasteiger partial charge in [0.05, 0.1) is 6.61 Å². The number of aromatic nitrogens is 2. The Morgan fingerprint density at radius 2 is 2.29 bits per heavy atom. The zero-order valence-electron chi connectivity index (χ0n) is 11.2. The van der Waals surface area contributed by atoms with Gasteiger partial charge in [0, 0.05) is 6.20 Å². The zero-order chi connectivity index (χ0) is 15.6. The molecule has 21 heavy (non-hydrogen) atoms. The van der Waals surface area contributed by atoms with Gasteiger partial charge >= 0.3 is 5.69 Å². The number of nitrogens with one attached hydrogen (secondary N) is 1. The summed E-state index contributed by atoms with van der Waals surface area (Å²) < 4.78 is 6.18. The number of ether oxygens (including phenoxy) is 1. The van der Waals surface area contributed by atoms with E-state index in [2.05, 4.69) is 10.5 Å². The second-order valence-corrected chi connectivity index (χ2v) is 4.37. The molecule has 1 aliphatic rings. The molecule has 1 aromatic rings. The summed E-state index contributed by atoms with van der Waals surface area (Å²) in [6, 6.07) is 1.33. The number of anilines is 1. The minimum absolute atomic E-state index is 0.00919. The third kappa shape index (κ3) is 3.03. The molecule has 0 bridgehead atoms. The highest BCUT2D eigenvalue weighted by molar-refractivity contribution is 5.80. The van der Waals surface area contributed by atoms with Gasteiger partial charge in [-0.05, 0) is 13.0 Å². The second-order valence-electron chi connectivity index (χ2n) is 4.37. The van der Waals surface area contributed by atoms with Gasteiger partial charge < -0.3 is 20.7 Å². The Hall–Kier alpha value is -2.01. The SMILES string of the molecule is CCONC(=O)[C@H]1O[C@@H](n2ccc(N)nc2=O)[C@H](O)[C@@H]1O. The number of carbonyl (C=O) groups excluding carboxylic acids is 1. The lowest BCUT2D eigenvalue weighted by atomic mass is 10.1. The maximum Gasteiger partial charge on any atom is 0.351 e. The van der Waals surface area contributed by atoms with Crippen molar-refractivity contribution in [3.63, 3.8) is 0 Å². The first kappa shape index (κ1) is 15.4. The topological polar surface area (TPSA) is 149 Å². The fourth-order valence-electron chi connectivity index (χ4n) is 1.93. The van der Waals surface area contributed by atoms with Gasteiger partial charge in [-0.2, -0.15) is 4.98 Å². The minimum atomic E-state index is -1.51. The van der Waals surface area contributed by atoms with Crippen LogP contribution in [-0.2, 0) is 14.4 Å². The van der Waals surface area contributed by atoms with Crippen LogP contribution < -0.4 is 16.9 Å². The van der Waals surface area contributed by atoms with E-state index >= 15 is 0 Å². The Kier molecular flexibility index (Phi) is 4.53. The lowest BCUT2D eigenvalue weighted by molar-refractivity contribution is -0.150. The molecule has 1 saturated heterocycles. The van der Waals surface area contributed by atoms with E-state index in [0.717, 1.165) is 4.57 Å². The van der Waals surface area contributed by atoms with E-state index in [1.807, 2.05) is 0 Å². The van der Waals surface area contributed by atoms with Gasteiger partial charge in [0.2, 0.25) is 0 Å². The van der Waals surface area contributed by atoms with Crippen molar-refractivity contribution in [3.05, 3.63) is 22.7 Å². The molecule has 10 nitrogen and oxygen atoms in total. The number of hydroxylamine groups is 1. The van der Waals surface area contributed by atoms with Crippen LogP contribution in [0.3, 0.4) is 0 Å². The molecule has 1 amide bonds. The van der Waals surface area contributed by atoms with Crippen molar-refractivity contribution in [2.24, 2.45) is 0 Å². The Morgan fingerprint density at radius 1 is 1.57 bits per heavy atom. The van der Waals surface area contributed by atoms with Gasteiger partial charge in [0.15, 0.2) is 12.3 Å². The summed E-state index contributed by atoms with van der Waals surface area (Å²) in [5.74, 6) is -0.753. The van der Waals surface area contributed by atoms with Crippen LogP contribution in [0.25, 0.3) is 0 Å².